The highest BCUT2D eigenvalue weighted by Crippen LogP contribution is 2.37. The van der Waals surface area contributed by atoms with Gasteiger partial charge in [-0.25, -0.2) is 17.6 Å². The van der Waals surface area contributed by atoms with Gasteiger partial charge in [0.15, 0.2) is 0 Å². The van der Waals surface area contributed by atoms with E-state index in [0.717, 1.165) is 34.7 Å². The van der Waals surface area contributed by atoms with Gasteiger partial charge in [0.05, 0.1) is 23.5 Å². The van der Waals surface area contributed by atoms with Crippen LogP contribution in [0.2, 0.25) is 5.02 Å². The maximum absolute atomic E-state index is 14.0. The van der Waals surface area contributed by atoms with E-state index in [4.69, 9.17) is 11.6 Å². The minimum absolute atomic E-state index is 0.00810. The number of halogens is 2. The zero-order chi connectivity index (χ0) is 28.3. The summed E-state index contributed by atoms with van der Waals surface area (Å²) < 4.78 is 40.3. The largest absolute Gasteiger partial charge is 0.337 e. The average molecular weight is 573 g/mol. The number of para-hydroxylation sites is 1. The molecule has 0 saturated carbocycles. The van der Waals surface area contributed by atoms with Gasteiger partial charge < -0.3 is 15.5 Å². The molecule has 0 radical (unpaired) electrons. The molecule has 3 aromatic rings. The van der Waals surface area contributed by atoms with E-state index in [-0.39, 0.29) is 29.1 Å². The fraction of sp³-hybridized carbons (Fsp3) is 0.286. The van der Waals surface area contributed by atoms with Crippen molar-refractivity contribution in [1.29, 1.82) is 0 Å². The van der Waals surface area contributed by atoms with Gasteiger partial charge in [0.1, 0.15) is 5.82 Å². The standard InChI is InChI=1S/C28H30ClFN4O4S/c1-17(2)22-14-18(21-6-4-5-7-24(21)33-39(3,37)38)8-11-26(22)34-13-12-19(27(34)35)16-31-28(36)32-25-10-9-20(29)15-23(25)30/h4-11,14-15,17,19,33H,12-13,16H2,1-3H3,(H2,31,32,36)/t19-/m0/s1. The van der Waals surface area contributed by atoms with Gasteiger partial charge >= 0.3 is 6.03 Å². The van der Waals surface area contributed by atoms with Crippen LogP contribution in [0.25, 0.3) is 11.1 Å². The Bertz CT molecular complexity index is 1510. The molecule has 0 unspecified atom stereocenters. The predicted octanol–water partition coefficient (Wildman–Crippen LogP) is 5.82. The number of rotatable bonds is 8. The van der Waals surface area contributed by atoms with Crippen LogP contribution in [-0.2, 0) is 14.8 Å². The Kier molecular flexibility index (Phi) is 8.46. The Hall–Kier alpha value is -3.63. The first-order valence-corrected chi connectivity index (χ1v) is 14.7. The molecule has 0 aromatic heterocycles. The van der Waals surface area contributed by atoms with E-state index >= 15 is 0 Å². The number of hydrogen-bond donors (Lipinski definition) is 3. The first-order chi connectivity index (χ1) is 18.4. The number of amides is 3. The molecule has 1 fully saturated rings. The fourth-order valence-corrected chi connectivity index (χ4v) is 5.33. The minimum atomic E-state index is -3.46. The van der Waals surface area contributed by atoms with Gasteiger partial charge in [-0.05, 0) is 59.9 Å². The summed E-state index contributed by atoms with van der Waals surface area (Å²) in [5, 5.41) is 5.31. The number of urea groups is 1. The molecule has 1 saturated heterocycles. The second-order valence-corrected chi connectivity index (χ2v) is 12.0. The summed E-state index contributed by atoms with van der Waals surface area (Å²) in [7, 11) is -3.46. The molecule has 0 bridgehead atoms. The predicted molar refractivity (Wildman–Crippen MR) is 153 cm³/mol. The molecule has 39 heavy (non-hydrogen) atoms. The molecular weight excluding hydrogens is 543 g/mol. The number of nitrogens with zero attached hydrogens (tertiary/aromatic N) is 1. The fourth-order valence-electron chi connectivity index (χ4n) is 4.59. The van der Waals surface area contributed by atoms with Gasteiger partial charge in [-0.3, -0.25) is 9.52 Å². The van der Waals surface area contributed by atoms with Crippen LogP contribution >= 0.6 is 11.6 Å². The first-order valence-electron chi connectivity index (χ1n) is 12.5. The molecule has 1 aliphatic heterocycles. The van der Waals surface area contributed by atoms with E-state index in [9.17, 15) is 22.4 Å². The molecule has 11 heteroatoms. The molecular formula is C28H30ClFN4O4S. The zero-order valence-corrected chi connectivity index (χ0v) is 23.4. The normalized spacial score (nSPS) is 15.5. The lowest BCUT2D eigenvalue weighted by atomic mass is 9.94. The minimum Gasteiger partial charge on any atom is -0.337 e. The van der Waals surface area contributed by atoms with Crippen molar-refractivity contribution in [1.82, 2.24) is 5.32 Å². The zero-order valence-electron chi connectivity index (χ0n) is 21.8. The van der Waals surface area contributed by atoms with E-state index in [1.54, 1.807) is 17.0 Å². The number of sulfonamides is 1. The summed E-state index contributed by atoms with van der Waals surface area (Å²) in [5.41, 5.74) is 3.75. The molecule has 4 rings (SSSR count). The summed E-state index contributed by atoms with van der Waals surface area (Å²) in [4.78, 5) is 27.3. The highest BCUT2D eigenvalue weighted by atomic mass is 35.5. The van der Waals surface area contributed by atoms with Crippen LogP contribution in [0.3, 0.4) is 0 Å². The van der Waals surface area contributed by atoms with Gasteiger partial charge in [-0.1, -0.05) is 49.7 Å². The third-order valence-corrected chi connectivity index (χ3v) is 7.30. The van der Waals surface area contributed by atoms with Gasteiger partial charge in [0, 0.05) is 29.4 Å². The Morgan fingerprint density at radius 1 is 1.10 bits per heavy atom. The highest BCUT2D eigenvalue weighted by molar-refractivity contribution is 7.92. The van der Waals surface area contributed by atoms with E-state index in [1.807, 2.05) is 44.2 Å². The molecule has 8 nitrogen and oxygen atoms in total. The molecule has 1 atom stereocenters. The van der Waals surface area contributed by atoms with Crippen LogP contribution in [0, 0.1) is 11.7 Å². The van der Waals surface area contributed by atoms with Crippen LogP contribution < -0.4 is 20.3 Å². The van der Waals surface area contributed by atoms with E-state index in [0.29, 0.717) is 18.7 Å². The Morgan fingerprint density at radius 2 is 1.85 bits per heavy atom. The molecule has 0 spiro atoms. The molecule has 3 amide bonds. The SMILES string of the molecule is CC(C)c1cc(-c2ccccc2NS(C)(=O)=O)ccc1N1CC[C@@H](CNC(=O)Nc2ccc(Cl)cc2F)C1=O. The second-order valence-electron chi connectivity index (χ2n) is 9.78. The number of anilines is 3. The smallest absolute Gasteiger partial charge is 0.319 e. The third-order valence-electron chi connectivity index (χ3n) is 6.48. The van der Waals surface area contributed by atoms with E-state index < -0.39 is 27.8 Å². The number of carbonyl (C=O) groups is 2. The summed E-state index contributed by atoms with van der Waals surface area (Å²) in [6.45, 7) is 4.66. The van der Waals surface area contributed by atoms with Crippen LogP contribution in [-0.4, -0.2) is 39.7 Å². The first kappa shape index (κ1) is 28.4. The lowest BCUT2D eigenvalue weighted by Gasteiger charge is -2.24. The van der Waals surface area contributed by atoms with Crippen molar-refractivity contribution in [2.24, 2.45) is 5.92 Å². The molecule has 3 N–H and O–H groups in total. The third kappa shape index (κ3) is 6.88. The van der Waals surface area contributed by atoms with Crippen molar-refractivity contribution in [3.05, 3.63) is 77.1 Å². The molecule has 206 valence electrons. The number of benzene rings is 3. The van der Waals surface area contributed by atoms with Gasteiger partial charge in [-0.15, -0.1) is 0 Å². The van der Waals surface area contributed by atoms with E-state index in [2.05, 4.69) is 15.4 Å². The van der Waals surface area contributed by atoms with Crippen LogP contribution in [0.15, 0.2) is 60.7 Å². The number of hydrogen-bond acceptors (Lipinski definition) is 4. The summed E-state index contributed by atoms with van der Waals surface area (Å²) in [6.07, 6.45) is 1.66. The molecule has 1 heterocycles. The Morgan fingerprint density at radius 3 is 2.54 bits per heavy atom. The van der Waals surface area contributed by atoms with Crippen LogP contribution in [0.1, 0.15) is 31.7 Å². The van der Waals surface area contributed by atoms with Crippen LogP contribution in [0.4, 0.5) is 26.2 Å². The second kappa shape index (κ2) is 11.6. The Labute approximate surface area is 232 Å². The van der Waals surface area contributed by atoms with Gasteiger partial charge in [0.25, 0.3) is 0 Å². The van der Waals surface area contributed by atoms with E-state index in [1.165, 1.54) is 12.1 Å². The lowest BCUT2D eigenvalue weighted by Crippen LogP contribution is -2.37. The number of carbonyl (C=O) groups excluding carboxylic acids is 2. The number of nitrogens with one attached hydrogen (secondary N) is 3. The van der Waals surface area contributed by atoms with Crippen molar-refractivity contribution >= 4 is 50.6 Å². The van der Waals surface area contributed by atoms with Crippen molar-refractivity contribution in [2.45, 2.75) is 26.2 Å². The molecule has 1 aliphatic rings. The van der Waals surface area contributed by atoms with Crippen molar-refractivity contribution in [2.75, 3.05) is 34.3 Å². The summed E-state index contributed by atoms with van der Waals surface area (Å²) >= 11 is 5.75. The van der Waals surface area contributed by atoms with Crippen molar-refractivity contribution < 1.29 is 22.4 Å². The Balaban J connectivity index is 1.49. The quantitative estimate of drug-likeness (QED) is 0.316. The van der Waals surface area contributed by atoms with Crippen LogP contribution in [0.5, 0.6) is 0 Å². The maximum atomic E-state index is 14.0. The average Bonchev–Trinajstić information content (AvgIpc) is 3.23. The summed E-state index contributed by atoms with van der Waals surface area (Å²) in [5.74, 6) is -1.10. The van der Waals surface area contributed by atoms with Crippen molar-refractivity contribution in [3.63, 3.8) is 0 Å². The maximum Gasteiger partial charge on any atom is 0.319 e. The highest BCUT2D eigenvalue weighted by Gasteiger charge is 2.34. The molecule has 0 aliphatic carbocycles. The lowest BCUT2D eigenvalue weighted by molar-refractivity contribution is -0.120. The monoisotopic (exact) mass is 572 g/mol. The van der Waals surface area contributed by atoms with Gasteiger partial charge in [0.2, 0.25) is 15.9 Å². The van der Waals surface area contributed by atoms with Gasteiger partial charge in [-0.2, -0.15) is 0 Å². The summed E-state index contributed by atoms with van der Waals surface area (Å²) in [6, 6.07) is 16.2. The molecule has 3 aromatic carbocycles. The topological polar surface area (TPSA) is 108 Å². The van der Waals surface area contributed by atoms with Crippen molar-refractivity contribution in [3.8, 4) is 11.1 Å².